The molecule has 17 heavy (non-hydrogen) atoms. The number of nitrogens with zero attached hydrogens (tertiary/aromatic N) is 1. The molecule has 3 nitrogen and oxygen atoms in total. The molecule has 0 amide bonds. The Morgan fingerprint density at radius 1 is 1.47 bits per heavy atom. The summed E-state index contributed by atoms with van der Waals surface area (Å²) in [6.07, 6.45) is 2.43. The first kappa shape index (κ1) is 13.9. The zero-order chi connectivity index (χ0) is 12.7. The summed E-state index contributed by atoms with van der Waals surface area (Å²) in [5.74, 6) is 0.309. The minimum atomic E-state index is -0.350. The summed E-state index contributed by atoms with van der Waals surface area (Å²) < 4.78 is 19.1. The summed E-state index contributed by atoms with van der Waals surface area (Å²) in [5.41, 5.74) is 0.603. The van der Waals surface area contributed by atoms with Crippen molar-refractivity contribution in [1.82, 2.24) is 10.3 Å². The number of hydrogen-bond donors (Lipinski definition) is 1. The van der Waals surface area contributed by atoms with Crippen LogP contribution in [0.2, 0.25) is 0 Å². The van der Waals surface area contributed by atoms with E-state index < -0.39 is 0 Å². The van der Waals surface area contributed by atoms with E-state index in [1.165, 1.54) is 0 Å². The summed E-state index contributed by atoms with van der Waals surface area (Å²) in [4.78, 5) is 3.89. The standard InChI is InChI=1S/C13H21FN2O/c1-4-7-17-13-12(14)11(5-6-16-13)9-15-8-10(2)3/h5-6,10,15H,4,7-9H2,1-3H3. The molecule has 1 N–H and O–H groups in total. The van der Waals surface area contributed by atoms with Gasteiger partial charge in [0.2, 0.25) is 0 Å². The van der Waals surface area contributed by atoms with E-state index in [4.69, 9.17) is 4.74 Å². The van der Waals surface area contributed by atoms with Crippen molar-refractivity contribution in [2.24, 2.45) is 5.92 Å². The molecule has 96 valence electrons. The third kappa shape index (κ3) is 4.69. The maximum atomic E-state index is 13.9. The zero-order valence-electron chi connectivity index (χ0n) is 10.8. The van der Waals surface area contributed by atoms with Crippen LogP contribution in [0.25, 0.3) is 0 Å². The second-order valence-corrected chi connectivity index (χ2v) is 4.46. The number of nitrogens with one attached hydrogen (secondary N) is 1. The van der Waals surface area contributed by atoms with Crippen LogP contribution in [0.4, 0.5) is 4.39 Å². The van der Waals surface area contributed by atoms with Crippen LogP contribution < -0.4 is 10.1 Å². The summed E-state index contributed by atoms with van der Waals surface area (Å²) in [5, 5.41) is 3.20. The largest absolute Gasteiger partial charge is 0.476 e. The van der Waals surface area contributed by atoms with E-state index in [1.54, 1.807) is 12.3 Å². The molecular formula is C13H21FN2O. The van der Waals surface area contributed by atoms with Gasteiger partial charge in [-0.1, -0.05) is 20.8 Å². The summed E-state index contributed by atoms with van der Waals surface area (Å²) in [6, 6.07) is 1.68. The van der Waals surface area contributed by atoms with Crippen LogP contribution in [0.5, 0.6) is 5.88 Å². The SMILES string of the molecule is CCCOc1nccc(CNCC(C)C)c1F. The van der Waals surface area contributed by atoms with Gasteiger partial charge in [-0.25, -0.2) is 9.37 Å². The molecule has 0 spiro atoms. The van der Waals surface area contributed by atoms with Gasteiger partial charge in [-0.15, -0.1) is 0 Å². The van der Waals surface area contributed by atoms with Crippen LogP contribution in [0.1, 0.15) is 32.8 Å². The van der Waals surface area contributed by atoms with Gasteiger partial charge in [-0.3, -0.25) is 0 Å². The van der Waals surface area contributed by atoms with E-state index >= 15 is 0 Å². The number of hydrogen-bond acceptors (Lipinski definition) is 3. The van der Waals surface area contributed by atoms with Gasteiger partial charge in [0, 0.05) is 18.3 Å². The van der Waals surface area contributed by atoms with E-state index in [9.17, 15) is 4.39 Å². The topological polar surface area (TPSA) is 34.1 Å². The lowest BCUT2D eigenvalue weighted by Crippen LogP contribution is -2.20. The van der Waals surface area contributed by atoms with E-state index in [2.05, 4.69) is 24.1 Å². The van der Waals surface area contributed by atoms with Gasteiger partial charge in [-0.2, -0.15) is 0 Å². The molecule has 0 atom stereocenters. The molecule has 0 saturated heterocycles. The highest BCUT2D eigenvalue weighted by Crippen LogP contribution is 2.17. The lowest BCUT2D eigenvalue weighted by Gasteiger charge is -2.10. The lowest BCUT2D eigenvalue weighted by atomic mass is 10.2. The third-order valence-electron chi connectivity index (χ3n) is 2.25. The predicted molar refractivity (Wildman–Crippen MR) is 66.5 cm³/mol. The van der Waals surface area contributed by atoms with Crippen molar-refractivity contribution in [3.05, 3.63) is 23.6 Å². The molecule has 0 aliphatic heterocycles. The Kier molecular flexibility index (Phi) is 5.91. The number of rotatable bonds is 7. The number of halogens is 1. The molecule has 0 saturated carbocycles. The normalized spacial score (nSPS) is 10.9. The average molecular weight is 240 g/mol. The van der Waals surface area contributed by atoms with Crippen molar-refractivity contribution in [3.8, 4) is 5.88 Å². The van der Waals surface area contributed by atoms with Crippen LogP contribution in [0.3, 0.4) is 0 Å². The fraction of sp³-hybridized carbons (Fsp3) is 0.615. The highest BCUT2D eigenvalue weighted by Gasteiger charge is 2.10. The molecule has 0 fully saturated rings. The minimum Gasteiger partial charge on any atom is -0.476 e. The number of ether oxygens (including phenoxy) is 1. The molecule has 0 unspecified atom stereocenters. The first-order valence-corrected chi connectivity index (χ1v) is 6.12. The molecule has 0 aliphatic carbocycles. The zero-order valence-corrected chi connectivity index (χ0v) is 10.8. The summed E-state index contributed by atoms with van der Waals surface area (Å²) in [6.45, 7) is 8.08. The Balaban J connectivity index is 2.59. The average Bonchev–Trinajstić information content (AvgIpc) is 2.29. The second kappa shape index (κ2) is 7.22. The molecule has 1 aromatic rings. The van der Waals surface area contributed by atoms with Crippen LogP contribution in [-0.4, -0.2) is 18.1 Å². The first-order valence-electron chi connectivity index (χ1n) is 6.12. The van der Waals surface area contributed by atoms with Gasteiger partial charge >= 0.3 is 0 Å². The molecule has 0 radical (unpaired) electrons. The van der Waals surface area contributed by atoms with E-state index in [-0.39, 0.29) is 11.7 Å². The van der Waals surface area contributed by atoms with E-state index in [0.717, 1.165) is 13.0 Å². The highest BCUT2D eigenvalue weighted by atomic mass is 19.1. The number of pyridine rings is 1. The molecule has 0 aromatic carbocycles. The summed E-state index contributed by atoms with van der Waals surface area (Å²) in [7, 11) is 0. The molecule has 0 bridgehead atoms. The molecule has 0 aliphatic rings. The molecule has 1 rings (SSSR count). The molecule has 1 aromatic heterocycles. The van der Waals surface area contributed by atoms with Crippen molar-refractivity contribution in [3.63, 3.8) is 0 Å². The van der Waals surface area contributed by atoms with Crippen LogP contribution in [0.15, 0.2) is 12.3 Å². The van der Waals surface area contributed by atoms with Gasteiger partial charge in [-0.05, 0) is 24.9 Å². The number of aromatic nitrogens is 1. The second-order valence-electron chi connectivity index (χ2n) is 4.46. The van der Waals surface area contributed by atoms with Crippen molar-refractivity contribution >= 4 is 0 Å². The Morgan fingerprint density at radius 3 is 2.88 bits per heavy atom. The molecule has 1 heterocycles. The lowest BCUT2D eigenvalue weighted by molar-refractivity contribution is 0.287. The van der Waals surface area contributed by atoms with Crippen LogP contribution in [-0.2, 0) is 6.54 Å². The van der Waals surface area contributed by atoms with Crippen molar-refractivity contribution in [2.75, 3.05) is 13.2 Å². The van der Waals surface area contributed by atoms with E-state index in [0.29, 0.717) is 24.6 Å². The van der Waals surface area contributed by atoms with Crippen molar-refractivity contribution in [2.45, 2.75) is 33.7 Å². The fourth-order valence-corrected chi connectivity index (χ4v) is 1.39. The Hall–Kier alpha value is -1.16. The van der Waals surface area contributed by atoms with E-state index in [1.807, 2.05) is 6.92 Å². The van der Waals surface area contributed by atoms with Gasteiger partial charge in [0.25, 0.3) is 5.88 Å². The monoisotopic (exact) mass is 240 g/mol. The van der Waals surface area contributed by atoms with Gasteiger partial charge in [0.1, 0.15) is 0 Å². The minimum absolute atomic E-state index is 0.107. The molecular weight excluding hydrogens is 219 g/mol. The van der Waals surface area contributed by atoms with Crippen molar-refractivity contribution < 1.29 is 9.13 Å². The quantitative estimate of drug-likeness (QED) is 0.795. The maximum absolute atomic E-state index is 13.9. The predicted octanol–water partition coefficient (Wildman–Crippen LogP) is 2.76. The van der Waals surface area contributed by atoms with Crippen LogP contribution in [0, 0.1) is 11.7 Å². The van der Waals surface area contributed by atoms with Crippen molar-refractivity contribution in [1.29, 1.82) is 0 Å². The molecule has 4 heteroatoms. The fourth-order valence-electron chi connectivity index (χ4n) is 1.39. The Labute approximate surface area is 102 Å². The summed E-state index contributed by atoms with van der Waals surface area (Å²) >= 11 is 0. The van der Waals surface area contributed by atoms with Gasteiger partial charge in [0.15, 0.2) is 5.82 Å². The van der Waals surface area contributed by atoms with Gasteiger partial charge in [0.05, 0.1) is 6.61 Å². The smallest absolute Gasteiger partial charge is 0.250 e. The highest BCUT2D eigenvalue weighted by molar-refractivity contribution is 5.23. The van der Waals surface area contributed by atoms with Crippen LogP contribution >= 0.6 is 0 Å². The third-order valence-corrected chi connectivity index (χ3v) is 2.25. The Bertz CT molecular complexity index is 342. The maximum Gasteiger partial charge on any atom is 0.250 e. The first-order chi connectivity index (χ1) is 8.15. The Morgan fingerprint density at radius 2 is 2.24 bits per heavy atom. The van der Waals surface area contributed by atoms with Gasteiger partial charge < -0.3 is 10.1 Å².